The van der Waals surface area contributed by atoms with Crippen molar-refractivity contribution in [1.82, 2.24) is 20.1 Å². The normalized spacial score (nSPS) is 17.6. The topological polar surface area (TPSA) is 72.3 Å². The summed E-state index contributed by atoms with van der Waals surface area (Å²) in [5.41, 5.74) is 2.26. The molecule has 0 unspecified atom stereocenters. The minimum absolute atomic E-state index is 0.206. The predicted molar refractivity (Wildman–Crippen MR) is 115 cm³/mol. The van der Waals surface area contributed by atoms with E-state index in [1.165, 1.54) is 18.4 Å². The summed E-state index contributed by atoms with van der Waals surface area (Å²) in [5, 5.41) is 12.9. The number of anilines is 1. The number of nitrogens with zero attached hydrogens (tertiary/aromatic N) is 4. The van der Waals surface area contributed by atoms with Crippen molar-refractivity contribution in [1.29, 1.82) is 0 Å². The maximum Gasteiger partial charge on any atom is 0.232 e. The van der Waals surface area contributed by atoms with Crippen LogP contribution in [0.3, 0.4) is 0 Å². The van der Waals surface area contributed by atoms with Crippen LogP contribution < -0.4 is 10.2 Å². The number of aromatic nitrogens is 3. The highest BCUT2D eigenvalue weighted by atomic mass is 32.2. The molecular formula is C21H29N5O2S. The van der Waals surface area contributed by atoms with E-state index < -0.39 is 0 Å². The van der Waals surface area contributed by atoms with Crippen LogP contribution in [0, 0.1) is 12.8 Å². The number of rotatable bonds is 7. The van der Waals surface area contributed by atoms with Crippen LogP contribution in [0.4, 0.5) is 5.95 Å². The van der Waals surface area contributed by atoms with Crippen LogP contribution in [0.25, 0.3) is 5.69 Å². The lowest BCUT2D eigenvalue weighted by Crippen LogP contribution is -2.37. The molecule has 1 N–H and O–H groups in total. The quantitative estimate of drug-likeness (QED) is 0.554. The Balaban J connectivity index is 1.45. The molecule has 1 aromatic carbocycles. The van der Waals surface area contributed by atoms with Crippen LogP contribution in [-0.4, -0.2) is 59.3 Å². The molecule has 7 nitrogen and oxygen atoms in total. The van der Waals surface area contributed by atoms with E-state index in [9.17, 15) is 4.79 Å². The van der Waals surface area contributed by atoms with Gasteiger partial charge in [0.15, 0.2) is 5.16 Å². The third-order valence-corrected chi connectivity index (χ3v) is 6.46. The van der Waals surface area contributed by atoms with Crippen molar-refractivity contribution in [3.63, 3.8) is 0 Å². The first kappa shape index (κ1) is 20.2. The summed E-state index contributed by atoms with van der Waals surface area (Å²) in [6.07, 6.45) is 4.42. The van der Waals surface area contributed by atoms with Gasteiger partial charge in [-0.1, -0.05) is 36.7 Å². The highest BCUT2D eigenvalue weighted by molar-refractivity contribution is 7.99. The first-order valence-corrected chi connectivity index (χ1v) is 11.5. The molecule has 1 aromatic heterocycles. The number of morpholine rings is 1. The van der Waals surface area contributed by atoms with Gasteiger partial charge in [0.2, 0.25) is 11.9 Å². The third-order valence-electron chi connectivity index (χ3n) is 5.53. The van der Waals surface area contributed by atoms with Crippen LogP contribution in [-0.2, 0) is 9.53 Å². The van der Waals surface area contributed by atoms with Crippen molar-refractivity contribution in [2.45, 2.75) is 37.8 Å². The number of nitrogens with one attached hydrogen (secondary N) is 1. The average molecular weight is 416 g/mol. The van der Waals surface area contributed by atoms with Crippen molar-refractivity contribution in [3.05, 3.63) is 29.8 Å². The van der Waals surface area contributed by atoms with E-state index in [-0.39, 0.29) is 11.8 Å². The van der Waals surface area contributed by atoms with Gasteiger partial charge in [-0.25, -0.2) is 0 Å². The fourth-order valence-electron chi connectivity index (χ4n) is 3.97. The van der Waals surface area contributed by atoms with Gasteiger partial charge in [-0.15, -0.1) is 10.2 Å². The second kappa shape index (κ2) is 9.63. The van der Waals surface area contributed by atoms with Crippen LogP contribution in [0.15, 0.2) is 29.4 Å². The maximum absolute atomic E-state index is 12.2. The van der Waals surface area contributed by atoms with Gasteiger partial charge in [0.25, 0.3) is 0 Å². The van der Waals surface area contributed by atoms with E-state index in [1.54, 1.807) is 11.8 Å². The number of hydrogen-bond acceptors (Lipinski definition) is 6. The third kappa shape index (κ3) is 4.93. The fourth-order valence-corrected chi connectivity index (χ4v) is 4.77. The van der Waals surface area contributed by atoms with Gasteiger partial charge in [0, 0.05) is 31.3 Å². The molecule has 1 saturated heterocycles. The van der Waals surface area contributed by atoms with Crippen LogP contribution in [0.1, 0.15) is 31.2 Å². The van der Waals surface area contributed by atoms with Gasteiger partial charge in [-0.2, -0.15) is 0 Å². The molecule has 1 aliphatic carbocycles. The largest absolute Gasteiger partial charge is 0.378 e. The number of hydrogen-bond donors (Lipinski definition) is 1. The number of thioether (sulfide) groups is 1. The Kier molecular flexibility index (Phi) is 6.71. The molecule has 2 aromatic rings. The van der Waals surface area contributed by atoms with Crippen molar-refractivity contribution in [2.75, 3.05) is 43.5 Å². The fraction of sp³-hybridized carbons (Fsp3) is 0.571. The SMILES string of the molecule is Cc1cccc(-n2c(SCCNC(=O)C3CCCC3)nnc2N2CCOCC2)c1. The molecule has 2 heterocycles. The Morgan fingerprint density at radius 3 is 2.79 bits per heavy atom. The monoisotopic (exact) mass is 415 g/mol. The summed E-state index contributed by atoms with van der Waals surface area (Å²) in [7, 11) is 0. The molecular weight excluding hydrogens is 386 g/mol. The summed E-state index contributed by atoms with van der Waals surface area (Å²) < 4.78 is 7.62. The molecule has 1 amide bonds. The molecule has 1 aliphatic heterocycles. The summed E-state index contributed by atoms with van der Waals surface area (Å²) in [5.74, 6) is 2.04. The molecule has 29 heavy (non-hydrogen) atoms. The summed E-state index contributed by atoms with van der Waals surface area (Å²) in [4.78, 5) is 14.4. The maximum atomic E-state index is 12.2. The van der Waals surface area contributed by atoms with Gasteiger partial charge in [-0.3, -0.25) is 9.36 Å². The van der Waals surface area contributed by atoms with Crippen molar-refractivity contribution >= 4 is 23.6 Å². The van der Waals surface area contributed by atoms with Crippen LogP contribution >= 0.6 is 11.8 Å². The lowest BCUT2D eigenvalue weighted by molar-refractivity contribution is -0.124. The van der Waals surface area contributed by atoms with E-state index >= 15 is 0 Å². The lowest BCUT2D eigenvalue weighted by atomic mass is 10.1. The van der Waals surface area contributed by atoms with Gasteiger partial charge >= 0.3 is 0 Å². The molecule has 0 radical (unpaired) electrons. The summed E-state index contributed by atoms with van der Waals surface area (Å²) in [6, 6.07) is 8.39. The van der Waals surface area contributed by atoms with Gasteiger partial charge in [0.1, 0.15) is 0 Å². The molecule has 2 aliphatic rings. The van der Waals surface area contributed by atoms with Crippen molar-refractivity contribution in [3.8, 4) is 5.69 Å². The molecule has 0 bridgehead atoms. The van der Waals surface area contributed by atoms with Gasteiger partial charge in [0.05, 0.1) is 18.9 Å². The first-order chi connectivity index (χ1) is 14.2. The number of ether oxygens (including phenoxy) is 1. The second-order valence-corrected chi connectivity index (χ2v) is 8.74. The first-order valence-electron chi connectivity index (χ1n) is 10.5. The number of amides is 1. The number of carbonyl (C=O) groups is 1. The van der Waals surface area contributed by atoms with Gasteiger partial charge in [-0.05, 0) is 37.5 Å². The van der Waals surface area contributed by atoms with Gasteiger partial charge < -0.3 is 15.0 Å². The van der Waals surface area contributed by atoms with E-state index in [2.05, 4.69) is 56.2 Å². The van der Waals surface area contributed by atoms with E-state index in [4.69, 9.17) is 4.74 Å². The second-order valence-electron chi connectivity index (χ2n) is 7.68. The highest BCUT2D eigenvalue weighted by Crippen LogP contribution is 2.28. The zero-order chi connectivity index (χ0) is 20.1. The predicted octanol–water partition coefficient (Wildman–Crippen LogP) is 2.81. The number of aryl methyl sites for hydroxylation is 1. The molecule has 1 saturated carbocycles. The molecule has 0 spiro atoms. The molecule has 0 atom stereocenters. The van der Waals surface area contributed by atoms with E-state index in [1.807, 2.05) is 0 Å². The highest BCUT2D eigenvalue weighted by Gasteiger charge is 2.23. The Morgan fingerprint density at radius 1 is 1.24 bits per heavy atom. The van der Waals surface area contributed by atoms with Crippen molar-refractivity contribution < 1.29 is 9.53 Å². The van der Waals surface area contributed by atoms with E-state index in [0.717, 1.165) is 48.5 Å². The van der Waals surface area contributed by atoms with Crippen molar-refractivity contribution in [2.24, 2.45) is 5.92 Å². The summed E-state index contributed by atoms with van der Waals surface area (Å²) >= 11 is 1.63. The minimum Gasteiger partial charge on any atom is -0.378 e. The molecule has 8 heteroatoms. The van der Waals surface area contributed by atoms with Crippen LogP contribution in [0.5, 0.6) is 0 Å². The number of benzene rings is 1. The Labute approximate surface area is 176 Å². The molecule has 4 rings (SSSR count). The smallest absolute Gasteiger partial charge is 0.232 e. The zero-order valence-corrected chi connectivity index (χ0v) is 17.8. The van der Waals surface area contributed by atoms with E-state index in [0.29, 0.717) is 19.8 Å². The molecule has 2 fully saturated rings. The summed E-state index contributed by atoms with van der Waals surface area (Å²) in [6.45, 7) is 5.77. The number of carbonyl (C=O) groups excluding carboxylic acids is 1. The molecule has 156 valence electrons. The zero-order valence-electron chi connectivity index (χ0n) is 17.0. The lowest BCUT2D eigenvalue weighted by Gasteiger charge is -2.28. The van der Waals surface area contributed by atoms with Crippen LogP contribution in [0.2, 0.25) is 0 Å². The Bertz CT molecular complexity index is 828. The standard InChI is InChI=1S/C21H29N5O2S/c1-16-5-4-8-18(15-16)26-20(25-10-12-28-13-11-25)23-24-21(26)29-14-9-22-19(27)17-6-2-3-7-17/h4-5,8,15,17H,2-3,6-7,9-14H2,1H3,(H,22,27). The Hall–Kier alpha value is -2.06. The minimum atomic E-state index is 0.206. The Morgan fingerprint density at radius 2 is 2.03 bits per heavy atom. The average Bonchev–Trinajstić information content (AvgIpc) is 3.42.